The molecular weight excluding hydrogens is 408 g/mol. The Morgan fingerprint density at radius 3 is 2.38 bits per heavy atom. The molecule has 2 aromatic carbocycles. The van der Waals surface area contributed by atoms with Crippen molar-refractivity contribution >= 4 is 52.5 Å². The minimum atomic E-state index is -0.539. The zero-order valence-corrected chi connectivity index (χ0v) is 16.4. The Labute approximate surface area is 176 Å². The summed E-state index contributed by atoms with van der Waals surface area (Å²) in [6, 6.07) is 13.9. The second kappa shape index (κ2) is 7.90. The predicted octanol–water partition coefficient (Wildman–Crippen LogP) is 3.63. The van der Waals surface area contributed by atoms with Gasteiger partial charge in [0, 0.05) is 23.0 Å². The van der Waals surface area contributed by atoms with Crippen molar-refractivity contribution < 1.29 is 9.59 Å². The van der Waals surface area contributed by atoms with Crippen LogP contribution in [0.25, 0.3) is 17.3 Å². The van der Waals surface area contributed by atoms with Crippen LogP contribution in [0.5, 0.6) is 0 Å². The van der Waals surface area contributed by atoms with Crippen molar-refractivity contribution in [1.29, 1.82) is 0 Å². The first-order valence-electron chi connectivity index (χ1n) is 8.56. The maximum Gasteiger partial charge on any atom is 0.270 e. The zero-order chi connectivity index (χ0) is 20.4. The molecule has 0 bridgehead atoms. The Morgan fingerprint density at radius 1 is 1.00 bits per heavy atom. The van der Waals surface area contributed by atoms with Gasteiger partial charge in [-0.25, -0.2) is 0 Å². The second-order valence-electron chi connectivity index (χ2n) is 6.15. The monoisotopic (exact) mass is 420 g/mol. The van der Waals surface area contributed by atoms with Crippen molar-refractivity contribution in [3.8, 4) is 11.3 Å². The van der Waals surface area contributed by atoms with E-state index >= 15 is 0 Å². The maximum atomic E-state index is 13.0. The number of hydrogen-bond donors (Lipinski definition) is 1. The van der Waals surface area contributed by atoms with E-state index < -0.39 is 11.8 Å². The third-order valence-corrected chi connectivity index (χ3v) is 4.80. The fourth-order valence-electron chi connectivity index (χ4n) is 2.85. The number of amides is 2. The van der Waals surface area contributed by atoms with Gasteiger partial charge in [-0.3, -0.25) is 29.8 Å². The quantitative estimate of drug-likeness (QED) is 0.398. The molecule has 29 heavy (non-hydrogen) atoms. The molecule has 1 saturated heterocycles. The molecule has 2 amide bonds. The highest BCUT2D eigenvalue weighted by atomic mass is 35.5. The van der Waals surface area contributed by atoms with Crippen LogP contribution in [0.4, 0.5) is 5.69 Å². The second-order valence-corrected chi connectivity index (χ2v) is 6.97. The fraction of sp³-hybridized carbons (Fsp3) is 0. The zero-order valence-electron chi connectivity index (χ0n) is 14.9. The summed E-state index contributed by atoms with van der Waals surface area (Å²) in [6.07, 6.45) is 6.41. The average Bonchev–Trinajstić information content (AvgIpc) is 2.73. The van der Waals surface area contributed by atoms with Crippen LogP contribution in [0, 0.1) is 0 Å². The van der Waals surface area contributed by atoms with Crippen molar-refractivity contribution in [1.82, 2.24) is 15.3 Å². The van der Waals surface area contributed by atoms with Crippen molar-refractivity contribution in [3.63, 3.8) is 0 Å². The number of nitrogens with one attached hydrogen (secondary N) is 1. The van der Waals surface area contributed by atoms with E-state index in [0.29, 0.717) is 16.3 Å². The van der Waals surface area contributed by atoms with Gasteiger partial charge in [0.05, 0.1) is 17.6 Å². The largest absolute Gasteiger partial charge is 0.298 e. The van der Waals surface area contributed by atoms with Gasteiger partial charge in [0.1, 0.15) is 5.57 Å². The van der Waals surface area contributed by atoms with E-state index in [1.807, 2.05) is 12.1 Å². The number of nitrogens with zero attached hydrogens (tertiary/aromatic N) is 3. The summed E-state index contributed by atoms with van der Waals surface area (Å²) in [6.45, 7) is 0. The molecule has 142 valence electrons. The highest BCUT2D eigenvalue weighted by Crippen LogP contribution is 2.24. The van der Waals surface area contributed by atoms with Gasteiger partial charge < -0.3 is 0 Å². The number of carbonyl (C=O) groups excluding carboxylic acids is 2. The van der Waals surface area contributed by atoms with Gasteiger partial charge in [-0.05, 0) is 48.1 Å². The molecule has 1 aromatic heterocycles. The van der Waals surface area contributed by atoms with Crippen LogP contribution in [-0.4, -0.2) is 26.9 Å². The average molecular weight is 421 g/mol. The topological polar surface area (TPSA) is 75.2 Å². The Bertz CT molecular complexity index is 1130. The molecule has 8 heteroatoms. The van der Waals surface area contributed by atoms with E-state index in [1.54, 1.807) is 55.0 Å². The van der Waals surface area contributed by atoms with E-state index in [4.69, 9.17) is 23.8 Å². The SMILES string of the molecule is O=C1NC(=S)N(c2ccc(Cl)cc2)C(=O)C1=Cc1ccc(-c2cnccn2)cc1. The summed E-state index contributed by atoms with van der Waals surface area (Å²) in [4.78, 5) is 34.9. The lowest BCUT2D eigenvalue weighted by atomic mass is 10.0. The first kappa shape index (κ1) is 18.9. The lowest BCUT2D eigenvalue weighted by molar-refractivity contribution is -0.122. The van der Waals surface area contributed by atoms with Gasteiger partial charge in [-0.15, -0.1) is 0 Å². The minimum absolute atomic E-state index is 0.0131. The number of anilines is 1. The summed E-state index contributed by atoms with van der Waals surface area (Å²) in [5.41, 5.74) is 2.82. The molecule has 0 aliphatic carbocycles. The number of carbonyl (C=O) groups is 2. The van der Waals surface area contributed by atoms with Gasteiger partial charge in [-0.2, -0.15) is 0 Å². The number of thiocarbonyl (C=S) groups is 1. The number of halogens is 1. The summed E-state index contributed by atoms with van der Waals surface area (Å²) in [5, 5.41) is 3.12. The third kappa shape index (κ3) is 3.91. The lowest BCUT2D eigenvalue weighted by Crippen LogP contribution is -2.54. The number of benzene rings is 2. The minimum Gasteiger partial charge on any atom is -0.298 e. The van der Waals surface area contributed by atoms with Crippen molar-refractivity contribution in [2.75, 3.05) is 4.90 Å². The molecule has 1 N–H and O–H groups in total. The third-order valence-electron chi connectivity index (χ3n) is 4.27. The van der Waals surface area contributed by atoms with Crippen molar-refractivity contribution in [3.05, 3.63) is 83.3 Å². The molecular formula is C21H13ClN4O2S. The van der Waals surface area contributed by atoms with Crippen LogP contribution in [0.3, 0.4) is 0 Å². The van der Waals surface area contributed by atoms with E-state index in [-0.39, 0.29) is 10.7 Å². The molecule has 1 fully saturated rings. The Kier molecular flexibility index (Phi) is 5.16. The number of hydrogen-bond acceptors (Lipinski definition) is 5. The van der Waals surface area contributed by atoms with Crippen LogP contribution in [0.15, 0.2) is 72.7 Å². The first-order chi connectivity index (χ1) is 14.0. The van der Waals surface area contributed by atoms with Gasteiger partial charge in [0.25, 0.3) is 11.8 Å². The summed E-state index contributed by atoms with van der Waals surface area (Å²) >= 11 is 11.1. The van der Waals surface area contributed by atoms with Crippen LogP contribution in [0.2, 0.25) is 5.02 Å². The Balaban J connectivity index is 1.65. The van der Waals surface area contributed by atoms with E-state index in [9.17, 15) is 9.59 Å². The number of aromatic nitrogens is 2. The van der Waals surface area contributed by atoms with Crippen LogP contribution in [-0.2, 0) is 9.59 Å². The van der Waals surface area contributed by atoms with E-state index in [1.165, 1.54) is 11.0 Å². The molecule has 1 aliphatic heterocycles. The molecule has 1 aliphatic rings. The Hall–Kier alpha value is -3.42. The lowest BCUT2D eigenvalue weighted by Gasteiger charge is -2.28. The highest BCUT2D eigenvalue weighted by molar-refractivity contribution is 7.80. The summed E-state index contributed by atoms with van der Waals surface area (Å²) in [5.74, 6) is -1.04. The molecule has 0 spiro atoms. The van der Waals surface area contributed by atoms with Gasteiger partial charge in [0.15, 0.2) is 5.11 Å². The van der Waals surface area contributed by atoms with Gasteiger partial charge in [0.2, 0.25) is 0 Å². The van der Waals surface area contributed by atoms with Crippen molar-refractivity contribution in [2.24, 2.45) is 0 Å². The maximum absolute atomic E-state index is 13.0. The van der Waals surface area contributed by atoms with Gasteiger partial charge >= 0.3 is 0 Å². The molecule has 3 aromatic rings. The first-order valence-corrected chi connectivity index (χ1v) is 9.35. The Morgan fingerprint density at radius 2 is 1.72 bits per heavy atom. The molecule has 2 heterocycles. The van der Waals surface area contributed by atoms with E-state index in [0.717, 1.165) is 11.3 Å². The van der Waals surface area contributed by atoms with Crippen LogP contribution < -0.4 is 10.2 Å². The molecule has 0 radical (unpaired) electrons. The molecule has 6 nitrogen and oxygen atoms in total. The smallest absolute Gasteiger partial charge is 0.270 e. The summed E-state index contributed by atoms with van der Waals surface area (Å²) < 4.78 is 0. The fourth-order valence-corrected chi connectivity index (χ4v) is 3.25. The molecule has 0 unspecified atom stereocenters. The van der Waals surface area contributed by atoms with Gasteiger partial charge in [-0.1, -0.05) is 35.9 Å². The van der Waals surface area contributed by atoms with Crippen molar-refractivity contribution in [2.45, 2.75) is 0 Å². The van der Waals surface area contributed by atoms with Crippen LogP contribution >= 0.6 is 23.8 Å². The highest BCUT2D eigenvalue weighted by Gasteiger charge is 2.34. The van der Waals surface area contributed by atoms with E-state index in [2.05, 4.69) is 15.3 Å². The number of rotatable bonds is 3. The standard InChI is InChI=1S/C21H13ClN4O2S/c22-15-5-7-16(8-6-15)26-20(28)17(19(27)25-21(26)29)11-13-1-3-14(4-2-13)18-12-23-9-10-24-18/h1-12H,(H,25,27,29). The predicted molar refractivity (Wildman–Crippen MR) is 115 cm³/mol. The van der Waals surface area contributed by atoms with Crippen LogP contribution in [0.1, 0.15) is 5.56 Å². The molecule has 4 rings (SSSR count). The molecule has 0 saturated carbocycles. The summed E-state index contributed by atoms with van der Waals surface area (Å²) in [7, 11) is 0. The normalized spacial score (nSPS) is 15.6. The molecule has 0 atom stereocenters.